The smallest absolute Gasteiger partial charge is 0.300 e. The van der Waals surface area contributed by atoms with Gasteiger partial charge >= 0.3 is 0 Å². The van der Waals surface area contributed by atoms with E-state index in [0.29, 0.717) is 16.8 Å². The summed E-state index contributed by atoms with van der Waals surface area (Å²) in [5.74, 6) is -1.54. The predicted octanol–water partition coefficient (Wildman–Crippen LogP) is 5.48. The number of aliphatic hydroxyl groups excluding tert-OH is 1. The Balaban J connectivity index is 1.80. The van der Waals surface area contributed by atoms with Gasteiger partial charge in [0.1, 0.15) is 5.76 Å². The number of nitrogens with zero attached hydrogens (tertiary/aromatic N) is 2. The van der Waals surface area contributed by atoms with Crippen LogP contribution in [0.4, 0.5) is 5.69 Å². The van der Waals surface area contributed by atoms with Crippen molar-refractivity contribution in [2.24, 2.45) is 0 Å². The number of aromatic nitrogens is 1. The van der Waals surface area contributed by atoms with Gasteiger partial charge in [0, 0.05) is 23.3 Å². The minimum Gasteiger partial charge on any atom is -0.507 e. The topological polar surface area (TPSA) is 70.5 Å². The van der Waals surface area contributed by atoms with E-state index in [2.05, 4.69) is 4.98 Å². The van der Waals surface area contributed by atoms with Crippen LogP contribution in [0, 0.1) is 13.8 Å². The van der Waals surface area contributed by atoms with Crippen LogP contribution in [0.25, 0.3) is 16.5 Å². The highest BCUT2D eigenvalue weighted by Gasteiger charge is 2.47. The van der Waals surface area contributed by atoms with Gasteiger partial charge < -0.3 is 5.11 Å². The number of Topliss-reactive ketones (excluding diaryl/α,β-unsaturated/α-hetero) is 1. The molecule has 1 atom stereocenters. The van der Waals surface area contributed by atoms with Gasteiger partial charge in [-0.2, -0.15) is 0 Å². The first-order chi connectivity index (χ1) is 16.0. The number of anilines is 1. The molecule has 1 aliphatic heterocycles. The maximum atomic E-state index is 13.4. The Labute approximate surface area is 191 Å². The first kappa shape index (κ1) is 20.6. The molecule has 5 nitrogen and oxygen atoms in total. The molecule has 5 heteroatoms. The summed E-state index contributed by atoms with van der Waals surface area (Å²) in [4.78, 5) is 32.4. The monoisotopic (exact) mass is 434 g/mol. The van der Waals surface area contributed by atoms with Gasteiger partial charge in [-0.1, -0.05) is 54.1 Å². The Hall–Kier alpha value is -4.25. The summed E-state index contributed by atoms with van der Waals surface area (Å²) in [6.45, 7) is 3.79. The van der Waals surface area contributed by atoms with Gasteiger partial charge in [-0.3, -0.25) is 19.5 Å². The highest BCUT2D eigenvalue weighted by molar-refractivity contribution is 6.52. The van der Waals surface area contributed by atoms with E-state index in [-0.39, 0.29) is 11.3 Å². The van der Waals surface area contributed by atoms with E-state index in [1.165, 1.54) is 4.90 Å². The van der Waals surface area contributed by atoms with Crippen LogP contribution in [0.3, 0.4) is 0 Å². The predicted molar refractivity (Wildman–Crippen MR) is 129 cm³/mol. The van der Waals surface area contributed by atoms with Crippen molar-refractivity contribution >= 4 is 33.9 Å². The summed E-state index contributed by atoms with van der Waals surface area (Å²) in [6, 6.07) is 21.8. The van der Waals surface area contributed by atoms with Crippen molar-refractivity contribution in [1.29, 1.82) is 0 Å². The number of amides is 1. The molecule has 1 N–H and O–H groups in total. The maximum Gasteiger partial charge on any atom is 0.300 e. The molecule has 0 aliphatic carbocycles. The van der Waals surface area contributed by atoms with E-state index in [1.54, 1.807) is 24.5 Å². The molecule has 1 fully saturated rings. The van der Waals surface area contributed by atoms with E-state index in [4.69, 9.17) is 0 Å². The molecule has 0 saturated carbocycles. The number of carbonyl (C=O) groups excluding carboxylic acids is 2. The molecule has 0 bridgehead atoms. The Morgan fingerprint density at radius 1 is 0.909 bits per heavy atom. The van der Waals surface area contributed by atoms with Gasteiger partial charge in [-0.15, -0.1) is 0 Å². The minimum absolute atomic E-state index is 0.0767. The Kier molecular flexibility index (Phi) is 5.02. The third-order valence-electron chi connectivity index (χ3n) is 6.14. The number of aliphatic hydroxyl groups is 1. The van der Waals surface area contributed by atoms with Crippen molar-refractivity contribution in [3.63, 3.8) is 0 Å². The zero-order valence-corrected chi connectivity index (χ0v) is 18.3. The summed E-state index contributed by atoms with van der Waals surface area (Å²) in [5.41, 5.74) is 3.72. The quantitative estimate of drug-likeness (QED) is 0.263. The van der Waals surface area contributed by atoms with Gasteiger partial charge in [-0.25, -0.2) is 0 Å². The molecule has 1 saturated heterocycles. The van der Waals surface area contributed by atoms with Gasteiger partial charge in [0.25, 0.3) is 11.7 Å². The molecule has 1 aliphatic rings. The lowest BCUT2D eigenvalue weighted by Crippen LogP contribution is -2.29. The van der Waals surface area contributed by atoms with Gasteiger partial charge in [-0.05, 0) is 54.6 Å². The van der Waals surface area contributed by atoms with Crippen LogP contribution in [-0.2, 0) is 9.59 Å². The van der Waals surface area contributed by atoms with Crippen LogP contribution in [0.2, 0.25) is 0 Å². The number of hydrogen-bond donors (Lipinski definition) is 1. The number of pyridine rings is 1. The number of fused-ring (bicyclic) bond motifs is 1. The molecule has 162 valence electrons. The SMILES string of the molecule is Cc1ccc(C)c(/C(O)=C2\C(=O)C(=O)N(c3cccc4ccccc34)C2c2ccncc2)c1. The lowest BCUT2D eigenvalue weighted by atomic mass is 9.93. The van der Waals surface area contributed by atoms with Crippen molar-refractivity contribution in [3.8, 4) is 0 Å². The fourth-order valence-corrected chi connectivity index (χ4v) is 4.50. The van der Waals surface area contributed by atoms with E-state index >= 15 is 0 Å². The molecule has 5 rings (SSSR count). The standard InChI is InChI=1S/C28H22N2O3/c1-17-10-11-18(2)22(16-17)26(31)24-25(20-12-14-29-15-13-20)30(28(33)27(24)32)23-9-5-7-19-6-3-4-8-21(19)23/h3-16,25,31H,1-2H3/b26-24+. The fraction of sp³-hybridized carbons (Fsp3) is 0.107. The molecule has 1 amide bonds. The zero-order valence-electron chi connectivity index (χ0n) is 18.3. The normalized spacial score (nSPS) is 17.6. The molecular weight excluding hydrogens is 412 g/mol. The largest absolute Gasteiger partial charge is 0.507 e. The van der Waals surface area contributed by atoms with E-state index < -0.39 is 17.7 Å². The molecule has 1 aromatic heterocycles. The first-order valence-corrected chi connectivity index (χ1v) is 10.7. The van der Waals surface area contributed by atoms with Crippen molar-refractivity contribution in [1.82, 2.24) is 4.98 Å². The molecular formula is C28H22N2O3. The number of hydrogen-bond acceptors (Lipinski definition) is 4. The minimum atomic E-state index is -0.779. The average molecular weight is 434 g/mol. The highest BCUT2D eigenvalue weighted by Crippen LogP contribution is 2.44. The van der Waals surface area contributed by atoms with Crippen molar-refractivity contribution in [2.75, 3.05) is 4.90 Å². The van der Waals surface area contributed by atoms with Crippen molar-refractivity contribution in [3.05, 3.63) is 113 Å². The summed E-state index contributed by atoms with van der Waals surface area (Å²) in [5, 5.41) is 13.2. The second-order valence-corrected chi connectivity index (χ2v) is 8.27. The van der Waals surface area contributed by atoms with Gasteiger partial charge in [0.15, 0.2) is 0 Å². The average Bonchev–Trinajstić information content (AvgIpc) is 3.10. The van der Waals surface area contributed by atoms with E-state index in [1.807, 2.05) is 74.5 Å². The molecule has 2 heterocycles. The summed E-state index contributed by atoms with van der Waals surface area (Å²) in [6.07, 6.45) is 3.24. The summed E-state index contributed by atoms with van der Waals surface area (Å²) in [7, 11) is 0. The molecule has 0 radical (unpaired) electrons. The van der Waals surface area contributed by atoms with Crippen LogP contribution in [0.5, 0.6) is 0 Å². The molecule has 33 heavy (non-hydrogen) atoms. The molecule has 1 unspecified atom stereocenters. The number of carbonyl (C=O) groups is 2. The lowest BCUT2D eigenvalue weighted by molar-refractivity contribution is -0.132. The Morgan fingerprint density at radius 2 is 1.64 bits per heavy atom. The molecule has 4 aromatic rings. The van der Waals surface area contributed by atoms with Crippen LogP contribution in [0.1, 0.15) is 28.3 Å². The molecule has 3 aromatic carbocycles. The van der Waals surface area contributed by atoms with Crippen molar-refractivity contribution < 1.29 is 14.7 Å². The highest BCUT2D eigenvalue weighted by atomic mass is 16.3. The number of benzene rings is 3. The number of ketones is 1. The van der Waals surface area contributed by atoms with Gasteiger partial charge in [0.05, 0.1) is 17.3 Å². The Morgan fingerprint density at radius 3 is 2.42 bits per heavy atom. The van der Waals surface area contributed by atoms with Crippen molar-refractivity contribution in [2.45, 2.75) is 19.9 Å². The lowest BCUT2D eigenvalue weighted by Gasteiger charge is -2.26. The maximum absolute atomic E-state index is 13.4. The molecule has 0 spiro atoms. The first-order valence-electron chi connectivity index (χ1n) is 10.7. The van der Waals surface area contributed by atoms with E-state index in [0.717, 1.165) is 21.9 Å². The van der Waals surface area contributed by atoms with Crippen LogP contribution in [-0.4, -0.2) is 21.8 Å². The van der Waals surface area contributed by atoms with Crippen LogP contribution < -0.4 is 4.90 Å². The van der Waals surface area contributed by atoms with Crippen LogP contribution >= 0.6 is 0 Å². The fourth-order valence-electron chi connectivity index (χ4n) is 4.50. The summed E-state index contributed by atoms with van der Waals surface area (Å²) < 4.78 is 0. The van der Waals surface area contributed by atoms with Crippen LogP contribution in [0.15, 0.2) is 90.8 Å². The summed E-state index contributed by atoms with van der Waals surface area (Å²) >= 11 is 0. The number of rotatable bonds is 3. The zero-order chi connectivity index (χ0) is 23.1. The number of aryl methyl sites for hydroxylation is 2. The Bertz CT molecular complexity index is 1440. The third-order valence-corrected chi connectivity index (χ3v) is 6.14. The van der Waals surface area contributed by atoms with Gasteiger partial charge in [0.2, 0.25) is 0 Å². The third kappa shape index (κ3) is 3.38. The second-order valence-electron chi connectivity index (χ2n) is 8.27. The van der Waals surface area contributed by atoms with E-state index in [9.17, 15) is 14.7 Å². The second kappa shape index (κ2) is 8.02.